The summed E-state index contributed by atoms with van der Waals surface area (Å²) in [7, 11) is 0. The zero-order valence-electron chi connectivity index (χ0n) is 42.9. The van der Waals surface area contributed by atoms with Crippen molar-refractivity contribution in [3.63, 3.8) is 0 Å². The first-order valence-corrected chi connectivity index (χ1v) is 15.7. The lowest BCUT2D eigenvalue weighted by Gasteiger charge is -2.11. The predicted octanol–water partition coefficient (Wildman–Crippen LogP) is 11.3. The highest BCUT2D eigenvalue weighted by atomic mass is 16.3. The summed E-state index contributed by atoms with van der Waals surface area (Å²) >= 11 is 0. The number of hydrogen-bond donors (Lipinski definition) is 0. The minimum atomic E-state index is -0.772. The zero-order chi connectivity index (χ0) is 48.3. The van der Waals surface area contributed by atoms with Crippen LogP contribution in [0.2, 0.25) is 0 Å². The summed E-state index contributed by atoms with van der Waals surface area (Å²) in [5.74, 6) is 0.000191. The maximum Gasteiger partial charge on any atom is 0.238 e. The average Bonchev–Trinajstić information content (AvgIpc) is 4.05. The van der Waals surface area contributed by atoms with E-state index in [0.29, 0.717) is 11.1 Å². The van der Waals surface area contributed by atoms with Crippen molar-refractivity contribution < 1.29 is 27.7 Å². The van der Waals surface area contributed by atoms with Crippen molar-refractivity contribution in [2.45, 2.75) is 0 Å². The Hall–Kier alpha value is -7.05. The molecule has 238 valence electrons. The molecule has 0 saturated heterocycles. The van der Waals surface area contributed by atoms with Crippen molar-refractivity contribution in [1.82, 2.24) is 24.1 Å². The number of nitrogens with zero attached hydrogens (tertiary/aromatic N) is 5. The second-order valence-corrected chi connectivity index (χ2v) is 11.6. The molecule has 0 aliphatic carbocycles. The van der Waals surface area contributed by atoms with E-state index in [4.69, 9.17) is 30.3 Å². The van der Waals surface area contributed by atoms with E-state index in [1.54, 1.807) is 60.7 Å². The molecule has 6 nitrogen and oxygen atoms in total. The van der Waals surface area contributed by atoms with Gasteiger partial charge in [-0.25, -0.2) is 4.98 Å². The molecule has 6 heteroatoms. The van der Waals surface area contributed by atoms with E-state index in [1.807, 2.05) is 0 Å². The highest BCUT2D eigenvalue weighted by Crippen LogP contribution is 2.40. The molecule has 0 aliphatic rings. The maximum atomic E-state index is 10.3. The molecule has 0 atom stereocenters. The highest BCUT2D eigenvalue weighted by molar-refractivity contribution is 6.19. The second kappa shape index (κ2) is 10.7. The zero-order valence-corrected chi connectivity index (χ0v) is 25.9. The lowest BCUT2D eigenvalue weighted by Crippen LogP contribution is -2.06. The molecule has 11 aromatic rings. The van der Waals surface area contributed by atoms with E-state index in [1.165, 1.54) is 4.57 Å². The molecule has 0 amide bonds. The summed E-state index contributed by atoms with van der Waals surface area (Å²) in [6.45, 7) is 0. The van der Waals surface area contributed by atoms with Crippen LogP contribution in [-0.2, 0) is 0 Å². The van der Waals surface area contributed by atoms with Gasteiger partial charge in [0.15, 0.2) is 11.6 Å². The third-order valence-electron chi connectivity index (χ3n) is 8.67. The largest absolute Gasteiger partial charge is 0.456 e. The Labute approximate surface area is 315 Å². The van der Waals surface area contributed by atoms with Crippen molar-refractivity contribution in [3.05, 3.63) is 163 Å². The van der Waals surface area contributed by atoms with E-state index in [9.17, 15) is 12.3 Å². The van der Waals surface area contributed by atoms with Gasteiger partial charge in [0.25, 0.3) is 0 Å². The summed E-state index contributed by atoms with van der Waals surface area (Å²) in [6, 6.07) is 6.20. The van der Waals surface area contributed by atoms with E-state index in [0.717, 1.165) is 4.57 Å². The molecular weight excluding hydrogens is 627 g/mol. The van der Waals surface area contributed by atoms with Gasteiger partial charge in [0, 0.05) is 49.1 Å². The van der Waals surface area contributed by atoms with E-state index in [2.05, 4.69) is 0 Å². The normalized spacial score (nSPS) is 16.6. The van der Waals surface area contributed by atoms with Crippen LogP contribution in [-0.4, -0.2) is 24.1 Å². The molecule has 0 bridgehead atoms. The Morgan fingerprint density at radius 1 is 0.431 bits per heavy atom. The van der Waals surface area contributed by atoms with Crippen molar-refractivity contribution >= 4 is 65.6 Å². The summed E-state index contributed by atoms with van der Waals surface area (Å²) in [6.07, 6.45) is 0. The van der Waals surface area contributed by atoms with Gasteiger partial charge in [-0.3, -0.25) is 4.57 Å². The van der Waals surface area contributed by atoms with Crippen LogP contribution in [0.4, 0.5) is 0 Å². The Bertz CT molecular complexity index is 4060. The molecule has 0 radical (unpaired) electrons. The van der Waals surface area contributed by atoms with Gasteiger partial charge in [-0.1, -0.05) is 115 Å². The van der Waals surface area contributed by atoms with Gasteiger partial charge in [0.1, 0.15) is 11.2 Å². The molecule has 7 aromatic carbocycles. The first-order chi connectivity index (χ1) is 32.4. The standard InChI is InChI=1S/C45H27N5O/c1-3-13-28(14-4-1)43-46-44(29-15-5-2-6-16-29)48-45(47-43)50-38-21-11-8-18-32(38)35-26-34-31-17-7-10-20-37(31)49(39(34)27-40(35)50)30-23-24-42-36(25-30)33-19-9-12-22-41(33)51-42/h1-27H/i7D,8D,9D,10D,11D,12D,17D,18D,19D,20D,21D,22D,23D,24D,25D,26D,27D. The van der Waals surface area contributed by atoms with Crippen LogP contribution in [0.5, 0.6) is 0 Å². The van der Waals surface area contributed by atoms with Gasteiger partial charge in [-0.2, -0.15) is 9.97 Å². The predicted molar refractivity (Wildman–Crippen MR) is 207 cm³/mol. The summed E-state index contributed by atoms with van der Waals surface area (Å²) in [5, 5.41) is -1.80. The van der Waals surface area contributed by atoms with Crippen molar-refractivity contribution in [2.24, 2.45) is 0 Å². The van der Waals surface area contributed by atoms with Crippen LogP contribution < -0.4 is 0 Å². The Morgan fingerprint density at radius 2 is 0.980 bits per heavy atom. The summed E-state index contributed by atoms with van der Waals surface area (Å²) < 4.78 is 163. The molecule has 0 unspecified atom stereocenters. The minimum absolute atomic E-state index is 0.126. The van der Waals surface area contributed by atoms with Gasteiger partial charge in [0.2, 0.25) is 5.95 Å². The van der Waals surface area contributed by atoms with Gasteiger partial charge in [-0.05, 0) is 48.3 Å². The molecule has 51 heavy (non-hydrogen) atoms. The lowest BCUT2D eigenvalue weighted by atomic mass is 10.1. The molecule has 0 spiro atoms. The Balaban J connectivity index is 1.42. The molecule has 0 N–H and O–H groups in total. The summed E-state index contributed by atoms with van der Waals surface area (Å²) in [5.41, 5.74) is -1.73. The third-order valence-corrected chi connectivity index (χ3v) is 8.67. The monoisotopic (exact) mass is 670 g/mol. The molecule has 0 aliphatic heterocycles. The van der Waals surface area contributed by atoms with Crippen LogP contribution in [0, 0.1) is 0 Å². The first-order valence-electron chi connectivity index (χ1n) is 24.2. The van der Waals surface area contributed by atoms with Crippen LogP contribution in [0.15, 0.2) is 168 Å². The number of rotatable bonds is 4. The molecule has 4 heterocycles. The van der Waals surface area contributed by atoms with E-state index in [-0.39, 0.29) is 60.9 Å². The summed E-state index contributed by atoms with van der Waals surface area (Å²) in [4.78, 5) is 14.4. The molecular formula is C45H27N5O. The van der Waals surface area contributed by atoms with Gasteiger partial charge >= 0.3 is 0 Å². The van der Waals surface area contributed by atoms with E-state index >= 15 is 0 Å². The van der Waals surface area contributed by atoms with Crippen molar-refractivity contribution in [1.29, 1.82) is 0 Å². The number of aromatic nitrogens is 5. The average molecular weight is 671 g/mol. The number of hydrogen-bond acceptors (Lipinski definition) is 4. The fourth-order valence-electron chi connectivity index (χ4n) is 6.44. The molecule has 4 aromatic heterocycles. The quantitative estimate of drug-likeness (QED) is 0.187. The van der Waals surface area contributed by atoms with Gasteiger partial charge in [-0.15, -0.1) is 0 Å². The smallest absolute Gasteiger partial charge is 0.238 e. The van der Waals surface area contributed by atoms with E-state index < -0.39 is 131 Å². The van der Waals surface area contributed by atoms with Crippen LogP contribution >= 0.6 is 0 Å². The first kappa shape index (κ1) is 16.1. The second-order valence-electron chi connectivity index (χ2n) is 11.6. The van der Waals surface area contributed by atoms with Gasteiger partial charge < -0.3 is 8.98 Å². The Kier molecular flexibility index (Phi) is 3.39. The lowest BCUT2D eigenvalue weighted by molar-refractivity contribution is 0.669. The SMILES string of the molecule is [2H]c1c([2H])c([2H])c2c(oc3c([2H])c([2H])c(-n4c5c([2H])c([2H])c([2H])c([2H])c5c5c([2H])c6c7c([2H])c([2H])c([2H])c([2H])c7n(-c7nc(-c8ccccc8)nc(-c8ccccc8)n7)c6c([2H])c54)c([2H])c32)c1[2H]. The van der Waals surface area contributed by atoms with Gasteiger partial charge in [0.05, 0.1) is 45.4 Å². The number of para-hydroxylation sites is 3. The van der Waals surface area contributed by atoms with Crippen LogP contribution in [0.1, 0.15) is 23.3 Å². The Morgan fingerprint density at radius 3 is 1.65 bits per heavy atom. The molecule has 0 saturated carbocycles. The van der Waals surface area contributed by atoms with Crippen molar-refractivity contribution in [3.8, 4) is 34.4 Å². The van der Waals surface area contributed by atoms with Crippen LogP contribution in [0.3, 0.4) is 0 Å². The number of furan rings is 1. The highest BCUT2D eigenvalue weighted by Gasteiger charge is 2.21. The fourth-order valence-corrected chi connectivity index (χ4v) is 6.44. The fraction of sp³-hybridized carbons (Fsp3) is 0. The number of fused-ring (bicyclic) bond motifs is 9. The minimum Gasteiger partial charge on any atom is -0.456 e. The third kappa shape index (κ3) is 4.20. The molecule has 11 rings (SSSR count). The van der Waals surface area contributed by atoms with Crippen LogP contribution in [0.25, 0.3) is 100.0 Å². The van der Waals surface area contributed by atoms with Crippen molar-refractivity contribution in [2.75, 3.05) is 0 Å². The maximum absolute atomic E-state index is 10.3. The topological polar surface area (TPSA) is 61.7 Å². The molecule has 0 fully saturated rings. The number of benzene rings is 7.